The van der Waals surface area contributed by atoms with Crippen molar-refractivity contribution in [2.45, 2.75) is 24.0 Å². The van der Waals surface area contributed by atoms with Gasteiger partial charge in [0.1, 0.15) is 5.82 Å². The minimum Gasteiger partial charge on any atom is -0.294 e. The number of halogens is 2. The second-order valence-corrected chi connectivity index (χ2v) is 9.02. The molecule has 0 N–H and O–H groups in total. The van der Waals surface area contributed by atoms with Crippen molar-refractivity contribution < 1.29 is 9.18 Å². The fourth-order valence-electron chi connectivity index (χ4n) is 3.48. The Morgan fingerprint density at radius 2 is 2.17 bits per heavy atom. The Labute approximate surface area is 151 Å². The molecule has 0 bridgehead atoms. The number of aliphatic imine (C=N–C) groups is 1. The summed E-state index contributed by atoms with van der Waals surface area (Å²) in [6.45, 7) is 0. The summed E-state index contributed by atoms with van der Waals surface area (Å²) in [5, 5.41) is 0.215. The molecule has 6 heteroatoms. The Morgan fingerprint density at radius 3 is 3.00 bits per heavy atom. The zero-order chi connectivity index (χ0) is 16.0. The van der Waals surface area contributed by atoms with Gasteiger partial charge in [-0.2, -0.15) is 11.8 Å². The van der Waals surface area contributed by atoms with Crippen LogP contribution in [0.4, 0.5) is 4.39 Å². The number of hydrogen-bond acceptors (Lipinski definition) is 4. The highest BCUT2D eigenvalue weighted by Gasteiger charge is 2.41. The van der Waals surface area contributed by atoms with E-state index in [1.165, 1.54) is 11.8 Å². The van der Waals surface area contributed by atoms with Crippen molar-refractivity contribution in [3.8, 4) is 0 Å². The summed E-state index contributed by atoms with van der Waals surface area (Å²) in [7, 11) is 0. The molecule has 2 atom stereocenters. The van der Waals surface area contributed by atoms with Crippen LogP contribution in [-0.2, 0) is 4.79 Å². The summed E-state index contributed by atoms with van der Waals surface area (Å²) in [5.74, 6) is 2.35. The highest BCUT2D eigenvalue weighted by Crippen LogP contribution is 2.46. The molecule has 4 rings (SSSR count). The predicted molar refractivity (Wildman–Crippen MR) is 99.1 cm³/mol. The van der Waals surface area contributed by atoms with Crippen molar-refractivity contribution in [2.75, 3.05) is 17.3 Å². The van der Waals surface area contributed by atoms with E-state index in [0.717, 1.165) is 41.2 Å². The molecule has 1 fully saturated rings. The number of ketones is 1. The molecule has 1 aromatic rings. The third-order valence-corrected chi connectivity index (χ3v) is 7.46. The fourth-order valence-corrected chi connectivity index (χ4v) is 6.15. The van der Waals surface area contributed by atoms with Gasteiger partial charge in [-0.05, 0) is 52.2 Å². The molecule has 23 heavy (non-hydrogen) atoms. The number of rotatable bonds is 1. The predicted octanol–water partition coefficient (Wildman–Crippen LogP) is 4.59. The first-order valence-electron chi connectivity index (χ1n) is 7.63. The zero-order valence-corrected chi connectivity index (χ0v) is 15.6. The van der Waals surface area contributed by atoms with Crippen molar-refractivity contribution in [1.82, 2.24) is 0 Å². The first-order valence-corrected chi connectivity index (χ1v) is 10.6. The Morgan fingerprint density at radius 1 is 1.30 bits per heavy atom. The Bertz CT molecular complexity index is 746. The molecule has 0 radical (unpaired) electrons. The normalized spacial score (nSPS) is 27.4. The van der Waals surface area contributed by atoms with Gasteiger partial charge in [0.2, 0.25) is 0 Å². The number of nitrogens with zero attached hydrogens (tertiary/aromatic N) is 1. The van der Waals surface area contributed by atoms with Crippen LogP contribution in [0.25, 0.3) is 0 Å². The van der Waals surface area contributed by atoms with Gasteiger partial charge in [-0.15, -0.1) is 11.8 Å². The molecule has 1 aromatic carbocycles. The first kappa shape index (κ1) is 15.9. The average molecular weight is 412 g/mol. The molecular weight excluding hydrogens is 397 g/mol. The maximum absolute atomic E-state index is 13.7. The summed E-state index contributed by atoms with van der Waals surface area (Å²) in [6, 6.07) is 5.14. The minimum atomic E-state index is -0.269. The van der Waals surface area contributed by atoms with Gasteiger partial charge in [-0.3, -0.25) is 9.79 Å². The van der Waals surface area contributed by atoms with Crippen LogP contribution in [0.3, 0.4) is 0 Å². The van der Waals surface area contributed by atoms with E-state index in [-0.39, 0.29) is 22.8 Å². The number of hydrogen-bond donors (Lipinski definition) is 0. The number of carbonyl (C=O) groups is 1. The van der Waals surface area contributed by atoms with E-state index < -0.39 is 0 Å². The molecule has 0 saturated carbocycles. The van der Waals surface area contributed by atoms with Crippen LogP contribution >= 0.6 is 39.5 Å². The standard InChI is InChI=1S/C17H15BrFNOS2/c18-10-6-9(3-4-11(10)19)15-16-13(7-22-8-14(16)21)20-12-2-1-5-23-17(12)15/h3-4,6,15,17H,1-2,5,7-8H2. The summed E-state index contributed by atoms with van der Waals surface area (Å²) in [5.41, 5.74) is 4.04. The molecule has 0 aliphatic carbocycles. The highest BCUT2D eigenvalue weighted by molar-refractivity contribution is 9.10. The Hall–Kier alpha value is -0.590. The molecule has 3 aliphatic rings. The monoisotopic (exact) mass is 411 g/mol. The minimum absolute atomic E-state index is 0.00750. The van der Waals surface area contributed by atoms with Crippen molar-refractivity contribution in [2.24, 2.45) is 4.99 Å². The third kappa shape index (κ3) is 2.83. The SMILES string of the molecule is O=C1CSCC2=C1C(c1ccc(F)c(Br)c1)C1SCCCC1=N2. The Balaban J connectivity index is 1.86. The fraction of sp³-hybridized carbons (Fsp3) is 0.412. The van der Waals surface area contributed by atoms with Gasteiger partial charge >= 0.3 is 0 Å². The first-order chi connectivity index (χ1) is 11.1. The summed E-state index contributed by atoms with van der Waals surface area (Å²) in [4.78, 5) is 17.4. The molecule has 0 spiro atoms. The molecular formula is C17H15BrFNOS2. The molecule has 3 heterocycles. The summed E-state index contributed by atoms with van der Waals surface area (Å²) >= 11 is 6.81. The molecule has 120 valence electrons. The van der Waals surface area contributed by atoms with Gasteiger partial charge in [0, 0.05) is 23.0 Å². The number of Topliss-reactive ketones (excluding diaryl/α,β-unsaturated/α-hetero) is 1. The van der Waals surface area contributed by atoms with E-state index in [9.17, 15) is 9.18 Å². The second kappa shape index (κ2) is 6.37. The van der Waals surface area contributed by atoms with Gasteiger partial charge in [0.05, 0.1) is 21.2 Å². The smallest absolute Gasteiger partial charge is 0.171 e. The number of allylic oxidation sites excluding steroid dienone is 1. The molecule has 2 nitrogen and oxygen atoms in total. The van der Waals surface area contributed by atoms with Crippen molar-refractivity contribution in [1.29, 1.82) is 0 Å². The largest absolute Gasteiger partial charge is 0.294 e. The lowest BCUT2D eigenvalue weighted by atomic mass is 9.80. The van der Waals surface area contributed by atoms with Gasteiger partial charge in [0.15, 0.2) is 5.78 Å². The number of fused-ring (bicyclic) bond motifs is 1. The van der Waals surface area contributed by atoms with Crippen LogP contribution in [0.2, 0.25) is 0 Å². The maximum Gasteiger partial charge on any atom is 0.171 e. The number of benzene rings is 1. The quantitative estimate of drug-likeness (QED) is 0.676. The topological polar surface area (TPSA) is 29.4 Å². The third-order valence-electron chi connectivity index (χ3n) is 4.48. The van der Waals surface area contributed by atoms with Crippen molar-refractivity contribution >= 4 is 50.9 Å². The highest BCUT2D eigenvalue weighted by atomic mass is 79.9. The van der Waals surface area contributed by atoms with E-state index in [1.54, 1.807) is 11.8 Å². The average Bonchev–Trinajstić information content (AvgIpc) is 2.56. The maximum atomic E-state index is 13.7. The summed E-state index contributed by atoms with van der Waals surface area (Å²) in [6.07, 6.45) is 2.15. The lowest BCUT2D eigenvalue weighted by Crippen LogP contribution is -2.37. The van der Waals surface area contributed by atoms with E-state index in [0.29, 0.717) is 10.2 Å². The van der Waals surface area contributed by atoms with Crippen LogP contribution < -0.4 is 0 Å². The van der Waals surface area contributed by atoms with E-state index in [1.807, 2.05) is 23.9 Å². The van der Waals surface area contributed by atoms with E-state index in [4.69, 9.17) is 4.99 Å². The Kier molecular flexibility index (Phi) is 4.41. The number of carbonyl (C=O) groups excluding carboxylic acids is 1. The van der Waals surface area contributed by atoms with Crippen molar-refractivity contribution in [3.63, 3.8) is 0 Å². The summed E-state index contributed by atoms with van der Waals surface area (Å²) < 4.78 is 14.1. The van der Waals surface area contributed by atoms with Gasteiger partial charge in [0.25, 0.3) is 0 Å². The lowest BCUT2D eigenvalue weighted by Gasteiger charge is -2.38. The molecule has 0 amide bonds. The van der Waals surface area contributed by atoms with Crippen LogP contribution in [0, 0.1) is 5.82 Å². The van der Waals surface area contributed by atoms with Crippen molar-refractivity contribution in [3.05, 3.63) is 45.3 Å². The lowest BCUT2D eigenvalue weighted by molar-refractivity contribution is -0.113. The molecule has 2 unspecified atom stereocenters. The van der Waals surface area contributed by atoms with Gasteiger partial charge < -0.3 is 0 Å². The zero-order valence-electron chi connectivity index (χ0n) is 12.4. The van der Waals surface area contributed by atoms with Gasteiger partial charge in [-0.1, -0.05) is 6.07 Å². The second-order valence-electron chi connectivity index (χ2n) is 5.93. The van der Waals surface area contributed by atoms with E-state index >= 15 is 0 Å². The molecule has 0 aromatic heterocycles. The van der Waals surface area contributed by atoms with E-state index in [2.05, 4.69) is 15.9 Å². The molecule has 3 aliphatic heterocycles. The number of thioether (sulfide) groups is 2. The van der Waals surface area contributed by atoms with Crippen LogP contribution in [0.15, 0.2) is 38.9 Å². The van der Waals surface area contributed by atoms with Gasteiger partial charge in [-0.25, -0.2) is 4.39 Å². The van der Waals surface area contributed by atoms with Crippen LogP contribution in [0.5, 0.6) is 0 Å². The molecule has 1 saturated heterocycles. The van der Waals surface area contributed by atoms with Crippen LogP contribution in [0.1, 0.15) is 24.3 Å². The van der Waals surface area contributed by atoms with Crippen LogP contribution in [-0.4, -0.2) is 34.0 Å².